The Bertz CT molecular complexity index is 437. The molecule has 0 bridgehead atoms. The summed E-state index contributed by atoms with van der Waals surface area (Å²) in [4.78, 5) is 11.4. The average molecular weight is 218 g/mol. The largest absolute Gasteiger partial charge is 0.496 e. The molecule has 84 valence electrons. The van der Waals surface area contributed by atoms with Crippen LogP contribution in [0.25, 0.3) is 0 Å². The second-order valence-electron chi connectivity index (χ2n) is 3.88. The number of benzene rings is 1. The highest BCUT2D eigenvalue weighted by Gasteiger charge is 2.37. The molecule has 2 rings (SSSR count). The molecular formula is C13H14O3. The minimum atomic E-state index is -0.316. The zero-order chi connectivity index (χ0) is 11.7. The fourth-order valence-electron chi connectivity index (χ4n) is 1.90. The Morgan fingerprint density at radius 2 is 2.06 bits per heavy atom. The number of carbonyl (C=O) groups is 1. The highest BCUT2D eigenvalue weighted by atomic mass is 16.6. The van der Waals surface area contributed by atoms with E-state index in [0.717, 1.165) is 11.3 Å². The van der Waals surface area contributed by atoms with E-state index in [4.69, 9.17) is 9.47 Å². The van der Waals surface area contributed by atoms with Crippen molar-refractivity contribution in [1.82, 2.24) is 0 Å². The van der Waals surface area contributed by atoms with Gasteiger partial charge in [-0.05, 0) is 6.07 Å². The minimum absolute atomic E-state index is 0.0104. The zero-order valence-corrected chi connectivity index (χ0v) is 9.40. The van der Waals surface area contributed by atoms with Crippen molar-refractivity contribution in [3.05, 3.63) is 42.0 Å². The predicted molar refractivity (Wildman–Crippen MR) is 60.1 cm³/mol. The van der Waals surface area contributed by atoms with Gasteiger partial charge in [0.1, 0.15) is 11.9 Å². The first-order chi connectivity index (χ1) is 7.65. The number of ether oxygens (including phenoxy) is 2. The van der Waals surface area contributed by atoms with E-state index in [1.54, 1.807) is 7.11 Å². The van der Waals surface area contributed by atoms with Crippen molar-refractivity contribution in [3.8, 4) is 5.75 Å². The molecule has 0 saturated carbocycles. The van der Waals surface area contributed by atoms with Crippen molar-refractivity contribution in [2.45, 2.75) is 13.0 Å². The van der Waals surface area contributed by atoms with Gasteiger partial charge in [0.15, 0.2) is 0 Å². The summed E-state index contributed by atoms with van der Waals surface area (Å²) in [6, 6.07) is 7.56. The van der Waals surface area contributed by atoms with Crippen LogP contribution in [0.1, 0.15) is 18.6 Å². The number of cyclic esters (lactones) is 1. The van der Waals surface area contributed by atoms with Gasteiger partial charge in [0.25, 0.3) is 0 Å². The topological polar surface area (TPSA) is 35.5 Å². The zero-order valence-electron chi connectivity index (χ0n) is 9.40. The fraction of sp³-hybridized carbons (Fsp3) is 0.308. The van der Waals surface area contributed by atoms with Crippen LogP contribution < -0.4 is 4.74 Å². The number of methoxy groups -OCH3 is 1. The fourth-order valence-corrected chi connectivity index (χ4v) is 1.90. The summed E-state index contributed by atoms with van der Waals surface area (Å²) >= 11 is 0. The number of hydrogen-bond donors (Lipinski definition) is 0. The monoisotopic (exact) mass is 218 g/mol. The molecule has 2 atom stereocenters. The van der Waals surface area contributed by atoms with Crippen molar-refractivity contribution in [2.75, 3.05) is 7.11 Å². The van der Waals surface area contributed by atoms with E-state index >= 15 is 0 Å². The van der Waals surface area contributed by atoms with Crippen LogP contribution >= 0.6 is 0 Å². The lowest BCUT2D eigenvalue weighted by Gasteiger charge is -2.16. The van der Waals surface area contributed by atoms with Gasteiger partial charge in [0, 0.05) is 17.1 Å². The van der Waals surface area contributed by atoms with Crippen molar-refractivity contribution < 1.29 is 14.3 Å². The molecular weight excluding hydrogens is 204 g/mol. The van der Waals surface area contributed by atoms with Gasteiger partial charge in [-0.2, -0.15) is 0 Å². The molecule has 0 unspecified atom stereocenters. The maximum Gasteiger partial charge on any atom is 0.334 e. The highest BCUT2D eigenvalue weighted by Crippen LogP contribution is 2.41. The maximum atomic E-state index is 11.4. The molecule has 3 nitrogen and oxygen atoms in total. The summed E-state index contributed by atoms with van der Waals surface area (Å²) < 4.78 is 10.6. The SMILES string of the molecule is C=C1C(=O)O[C@H](c2ccccc2OC)[C@@H]1C. The Labute approximate surface area is 94.7 Å². The van der Waals surface area contributed by atoms with Crippen molar-refractivity contribution in [1.29, 1.82) is 0 Å². The average Bonchev–Trinajstić information content (AvgIpc) is 2.57. The van der Waals surface area contributed by atoms with Crippen LogP contribution in [-0.2, 0) is 9.53 Å². The number of carbonyl (C=O) groups excluding carboxylic acids is 1. The Balaban J connectivity index is 2.38. The molecule has 0 N–H and O–H groups in total. The summed E-state index contributed by atoms with van der Waals surface area (Å²) in [6.07, 6.45) is -0.281. The van der Waals surface area contributed by atoms with Crippen LogP contribution in [-0.4, -0.2) is 13.1 Å². The Morgan fingerprint density at radius 1 is 1.38 bits per heavy atom. The molecule has 0 amide bonds. The van der Waals surface area contributed by atoms with Gasteiger partial charge < -0.3 is 9.47 Å². The Hall–Kier alpha value is -1.77. The summed E-state index contributed by atoms with van der Waals surface area (Å²) in [5.41, 5.74) is 1.42. The van der Waals surface area contributed by atoms with Crippen molar-refractivity contribution in [2.24, 2.45) is 5.92 Å². The molecule has 3 heteroatoms. The third-order valence-electron chi connectivity index (χ3n) is 2.95. The van der Waals surface area contributed by atoms with Crippen LogP contribution in [0.2, 0.25) is 0 Å². The lowest BCUT2D eigenvalue weighted by molar-refractivity contribution is -0.139. The van der Waals surface area contributed by atoms with Gasteiger partial charge in [0.05, 0.1) is 7.11 Å². The van der Waals surface area contributed by atoms with E-state index in [2.05, 4.69) is 6.58 Å². The second kappa shape index (κ2) is 4.00. The first-order valence-corrected chi connectivity index (χ1v) is 5.18. The predicted octanol–water partition coefficient (Wildman–Crippen LogP) is 2.49. The molecule has 0 spiro atoms. The highest BCUT2D eigenvalue weighted by molar-refractivity contribution is 5.90. The minimum Gasteiger partial charge on any atom is -0.496 e. The van der Waals surface area contributed by atoms with Gasteiger partial charge >= 0.3 is 5.97 Å². The van der Waals surface area contributed by atoms with E-state index < -0.39 is 0 Å². The van der Waals surface area contributed by atoms with Crippen LogP contribution in [0.4, 0.5) is 0 Å². The summed E-state index contributed by atoms with van der Waals surface area (Å²) in [5, 5.41) is 0. The number of rotatable bonds is 2. The molecule has 1 aliphatic heterocycles. The smallest absolute Gasteiger partial charge is 0.334 e. The molecule has 1 aliphatic rings. The van der Waals surface area contributed by atoms with Gasteiger partial charge in [-0.1, -0.05) is 31.7 Å². The summed E-state index contributed by atoms with van der Waals surface area (Å²) in [7, 11) is 1.61. The van der Waals surface area contributed by atoms with E-state index in [9.17, 15) is 4.79 Å². The third-order valence-corrected chi connectivity index (χ3v) is 2.95. The number of para-hydroxylation sites is 1. The van der Waals surface area contributed by atoms with Crippen LogP contribution in [0.5, 0.6) is 5.75 Å². The first-order valence-electron chi connectivity index (χ1n) is 5.18. The van der Waals surface area contributed by atoms with Gasteiger partial charge in [0.2, 0.25) is 0 Å². The molecule has 16 heavy (non-hydrogen) atoms. The second-order valence-corrected chi connectivity index (χ2v) is 3.88. The van der Waals surface area contributed by atoms with E-state index in [-0.39, 0.29) is 18.0 Å². The molecule has 1 saturated heterocycles. The van der Waals surface area contributed by atoms with Gasteiger partial charge in [-0.15, -0.1) is 0 Å². The molecule has 1 aromatic rings. The molecule has 0 aliphatic carbocycles. The lowest BCUT2D eigenvalue weighted by Crippen LogP contribution is -2.06. The van der Waals surface area contributed by atoms with Crippen molar-refractivity contribution in [3.63, 3.8) is 0 Å². The molecule has 1 aromatic carbocycles. The van der Waals surface area contributed by atoms with E-state index in [1.165, 1.54) is 0 Å². The number of esters is 1. The molecule has 1 heterocycles. The third kappa shape index (κ3) is 1.58. The van der Waals surface area contributed by atoms with E-state index in [1.807, 2.05) is 31.2 Å². The lowest BCUT2D eigenvalue weighted by atomic mass is 9.94. The quantitative estimate of drug-likeness (QED) is 0.565. The molecule has 0 aromatic heterocycles. The van der Waals surface area contributed by atoms with E-state index in [0.29, 0.717) is 5.57 Å². The number of hydrogen-bond acceptors (Lipinski definition) is 3. The van der Waals surface area contributed by atoms with Crippen LogP contribution in [0, 0.1) is 5.92 Å². The Kier molecular flexibility index (Phi) is 2.69. The van der Waals surface area contributed by atoms with Crippen LogP contribution in [0.15, 0.2) is 36.4 Å². The standard InChI is InChI=1S/C13H14O3/c1-8-9(2)13(14)16-12(8)10-6-4-5-7-11(10)15-3/h4-8,12H,2H2,1,3H3/t8-,12+/m1/s1. The maximum absolute atomic E-state index is 11.4. The van der Waals surface area contributed by atoms with Crippen molar-refractivity contribution >= 4 is 5.97 Å². The molecule has 0 radical (unpaired) electrons. The Morgan fingerprint density at radius 3 is 2.62 bits per heavy atom. The first kappa shape index (κ1) is 10.7. The van der Waals surface area contributed by atoms with Crippen LogP contribution in [0.3, 0.4) is 0 Å². The van der Waals surface area contributed by atoms with Gasteiger partial charge in [-0.3, -0.25) is 0 Å². The van der Waals surface area contributed by atoms with Gasteiger partial charge in [-0.25, -0.2) is 4.79 Å². The summed E-state index contributed by atoms with van der Waals surface area (Å²) in [6.45, 7) is 5.67. The normalized spacial score (nSPS) is 24.4. The molecule has 1 fully saturated rings. The summed E-state index contributed by atoms with van der Waals surface area (Å²) in [5.74, 6) is 0.411.